The van der Waals surface area contributed by atoms with Gasteiger partial charge in [0.05, 0.1) is 4.47 Å². The van der Waals surface area contributed by atoms with E-state index in [9.17, 15) is 4.79 Å². The number of hydrogen-bond acceptors (Lipinski definition) is 5. The molecule has 0 aromatic heterocycles. The van der Waals surface area contributed by atoms with Gasteiger partial charge in [0, 0.05) is 19.6 Å². The van der Waals surface area contributed by atoms with E-state index in [2.05, 4.69) is 26.6 Å². The van der Waals surface area contributed by atoms with Gasteiger partial charge in [-0.1, -0.05) is 12.2 Å². The summed E-state index contributed by atoms with van der Waals surface area (Å²) < 4.78 is 16.8. The van der Waals surface area contributed by atoms with Crippen molar-refractivity contribution >= 4 is 22.0 Å². The maximum atomic E-state index is 11.4. The minimum atomic E-state index is -0.478. The second-order valence-electron chi connectivity index (χ2n) is 6.30. The molecule has 1 heterocycles. The van der Waals surface area contributed by atoms with Gasteiger partial charge in [0.2, 0.25) is 6.79 Å². The minimum Gasteiger partial charge on any atom is -0.454 e. The molecule has 1 aromatic carbocycles. The third-order valence-corrected chi connectivity index (χ3v) is 3.60. The number of ether oxygens (including phenoxy) is 3. The second-order valence-corrected chi connectivity index (χ2v) is 7.15. The van der Waals surface area contributed by atoms with E-state index in [4.69, 9.17) is 14.2 Å². The topological polar surface area (TPSA) is 68.8 Å². The maximum absolute atomic E-state index is 11.4. The van der Waals surface area contributed by atoms with Crippen LogP contribution in [0.15, 0.2) is 28.8 Å². The Labute approximate surface area is 150 Å². The Kier molecular flexibility index (Phi) is 6.51. The average Bonchev–Trinajstić information content (AvgIpc) is 2.93. The van der Waals surface area contributed by atoms with Crippen LogP contribution in [0.2, 0.25) is 0 Å². The predicted molar refractivity (Wildman–Crippen MR) is 95.3 cm³/mol. The van der Waals surface area contributed by atoms with Crippen LogP contribution in [0.25, 0.3) is 0 Å². The first kappa shape index (κ1) is 18.6. The Morgan fingerprint density at radius 3 is 2.79 bits per heavy atom. The molecule has 0 bridgehead atoms. The van der Waals surface area contributed by atoms with E-state index in [-0.39, 0.29) is 6.79 Å². The van der Waals surface area contributed by atoms with Gasteiger partial charge in [-0.05, 0) is 54.4 Å². The summed E-state index contributed by atoms with van der Waals surface area (Å²) >= 11 is 3.48. The molecule has 0 fully saturated rings. The fraction of sp³-hybridized carbons (Fsp3) is 0.471. The molecule has 0 spiro atoms. The van der Waals surface area contributed by atoms with Crippen LogP contribution in [0.1, 0.15) is 26.3 Å². The Morgan fingerprint density at radius 1 is 1.29 bits per heavy atom. The van der Waals surface area contributed by atoms with Gasteiger partial charge in [0.15, 0.2) is 11.5 Å². The standard InChI is InChI=1S/C17H23BrN2O4/c1-17(2,3)24-16(21)20-7-5-4-6-19-10-12-8-13(18)15-14(9-12)22-11-23-15/h4-5,8-9,19H,6-7,10-11H2,1-3H3,(H,20,21)/b5-4+. The summed E-state index contributed by atoms with van der Waals surface area (Å²) in [7, 11) is 0. The SMILES string of the molecule is CC(C)(C)OC(=O)NC/C=C/CNCc1cc(Br)c2c(c1)OCO2. The van der Waals surface area contributed by atoms with Crippen molar-refractivity contribution in [2.45, 2.75) is 32.9 Å². The van der Waals surface area contributed by atoms with E-state index < -0.39 is 11.7 Å². The molecule has 1 aromatic rings. The number of carbonyl (C=O) groups is 1. The van der Waals surface area contributed by atoms with Crippen LogP contribution in [0, 0.1) is 0 Å². The highest BCUT2D eigenvalue weighted by Gasteiger charge is 2.17. The Morgan fingerprint density at radius 2 is 2.04 bits per heavy atom. The number of benzene rings is 1. The van der Waals surface area contributed by atoms with E-state index in [0.717, 1.165) is 21.5 Å². The highest BCUT2D eigenvalue weighted by Crippen LogP contribution is 2.39. The fourth-order valence-electron chi connectivity index (χ4n) is 2.05. The van der Waals surface area contributed by atoms with Crippen LogP contribution in [0.5, 0.6) is 11.5 Å². The molecule has 0 saturated carbocycles. The first-order valence-corrected chi connectivity index (χ1v) is 8.55. The molecular weight excluding hydrogens is 376 g/mol. The molecule has 132 valence electrons. The van der Waals surface area contributed by atoms with Crippen molar-refractivity contribution in [1.82, 2.24) is 10.6 Å². The van der Waals surface area contributed by atoms with Crippen molar-refractivity contribution in [2.24, 2.45) is 0 Å². The Hall–Kier alpha value is -1.73. The molecule has 6 nitrogen and oxygen atoms in total. The number of alkyl carbamates (subject to hydrolysis) is 1. The second kappa shape index (κ2) is 8.39. The van der Waals surface area contributed by atoms with Gasteiger partial charge in [0.25, 0.3) is 0 Å². The number of hydrogen-bond donors (Lipinski definition) is 2. The largest absolute Gasteiger partial charge is 0.454 e. The molecule has 1 amide bonds. The number of nitrogens with one attached hydrogen (secondary N) is 2. The normalized spacial score (nSPS) is 13.3. The van der Waals surface area contributed by atoms with Crippen LogP contribution in [-0.2, 0) is 11.3 Å². The van der Waals surface area contributed by atoms with Crippen molar-refractivity contribution in [3.05, 3.63) is 34.3 Å². The van der Waals surface area contributed by atoms with Gasteiger partial charge in [-0.3, -0.25) is 0 Å². The van der Waals surface area contributed by atoms with E-state index in [1.54, 1.807) is 0 Å². The number of carbonyl (C=O) groups excluding carboxylic acids is 1. The van der Waals surface area contributed by atoms with Gasteiger partial charge in [0.1, 0.15) is 5.60 Å². The zero-order valence-corrected chi connectivity index (χ0v) is 15.7. The van der Waals surface area contributed by atoms with Gasteiger partial charge in [-0.25, -0.2) is 4.79 Å². The van der Waals surface area contributed by atoms with Crippen LogP contribution >= 0.6 is 15.9 Å². The highest BCUT2D eigenvalue weighted by molar-refractivity contribution is 9.10. The van der Waals surface area contributed by atoms with Gasteiger partial charge >= 0.3 is 6.09 Å². The monoisotopic (exact) mass is 398 g/mol. The fourth-order valence-corrected chi connectivity index (χ4v) is 2.65. The highest BCUT2D eigenvalue weighted by atomic mass is 79.9. The van der Waals surface area contributed by atoms with Crippen LogP contribution < -0.4 is 20.1 Å². The Bertz CT molecular complexity index is 611. The number of rotatable bonds is 6. The van der Waals surface area contributed by atoms with E-state index in [1.807, 2.05) is 45.1 Å². The molecule has 0 radical (unpaired) electrons. The number of halogens is 1. The van der Waals surface area contributed by atoms with Gasteiger partial charge in [-0.2, -0.15) is 0 Å². The quantitative estimate of drug-likeness (QED) is 0.567. The van der Waals surface area contributed by atoms with Crippen LogP contribution in [0.4, 0.5) is 4.79 Å². The van der Waals surface area contributed by atoms with E-state index in [1.165, 1.54) is 0 Å². The summed E-state index contributed by atoms with van der Waals surface area (Å²) in [5.74, 6) is 1.52. The summed E-state index contributed by atoms with van der Waals surface area (Å²) in [4.78, 5) is 11.4. The number of amides is 1. The van der Waals surface area contributed by atoms with E-state index in [0.29, 0.717) is 19.6 Å². The lowest BCUT2D eigenvalue weighted by Crippen LogP contribution is -2.32. The first-order valence-electron chi connectivity index (χ1n) is 7.76. The zero-order valence-electron chi connectivity index (χ0n) is 14.1. The molecule has 7 heteroatoms. The molecule has 0 aliphatic carbocycles. The van der Waals surface area contributed by atoms with Crippen molar-refractivity contribution in [3.8, 4) is 11.5 Å². The molecule has 24 heavy (non-hydrogen) atoms. The summed E-state index contributed by atoms with van der Waals surface area (Å²) in [6.45, 7) is 7.61. The predicted octanol–water partition coefficient (Wildman–Crippen LogP) is 3.35. The molecule has 0 unspecified atom stereocenters. The summed E-state index contributed by atoms with van der Waals surface area (Å²) in [5, 5.41) is 5.97. The third kappa shape index (κ3) is 6.05. The molecular formula is C17H23BrN2O4. The maximum Gasteiger partial charge on any atom is 0.407 e. The smallest absolute Gasteiger partial charge is 0.407 e. The summed E-state index contributed by atoms with van der Waals surface area (Å²) in [6, 6.07) is 3.97. The van der Waals surface area contributed by atoms with Gasteiger partial charge < -0.3 is 24.8 Å². The lowest BCUT2D eigenvalue weighted by molar-refractivity contribution is 0.0534. The molecule has 2 rings (SSSR count). The van der Waals surface area contributed by atoms with Crippen molar-refractivity contribution < 1.29 is 19.0 Å². The van der Waals surface area contributed by atoms with Crippen LogP contribution in [-0.4, -0.2) is 31.6 Å². The summed E-state index contributed by atoms with van der Waals surface area (Å²) in [5.41, 5.74) is 0.625. The van der Waals surface area contributed by atoms with Crippen molar-refractivity contribution in [1.29, 1.82) is 0 Å². The average molecular weight is 399 g/mol. The summed E-state index contributed by atoms with van der Waals surface area (Å²) in [6.07, 6.45) is 3.43. The zero-order chi connectivity index (χ0) is 17.6. The van der Waals surface area contributed by atoms with Crippen LogP contribution in [0.3, 0.4) is 0 Å². The molecule has 1 aliphatic heterocycles. The lowest BCUT2D eigenvalue weighted by Gasteiger charge is -2.19. The molecule has 0 saturated heterocycles. The minimum absolute atomic E-state index is 0.262. The molecule has 2 N–H and O–H groups in total. The number of fused-ring (bicyclic) bond motifs is 1. The van der Waals surface area contributed by atoms with Crippen molar-refractivity contribution in [3.63, 3.8) is 0 Å². The van der Waals surface area contributed by atoms with Crippen molar-refractivity contribution in [2.75, 3.05) is 19.9 Å². The van der Waals surface area contributed by atoms with Gasteiger partial charge in [-0.15, -0.1) is 0 Å². The Balaban J connectivity index is 1.65. The lowest BCUT2D eigenvalue weighted by atomic mass is 10.2. The molecule has 1 aliphatic rings. The van der Waals surface area contributed by atoms with E-state index >= 15 is 0 Å². The first-order chi connectivity index (χ1) is 11.3. The molecule has 0 atom stereocenters. The third-order valence-electron chi connectivity index (χ3n) is 3.01.